The number of benzene rings is 1. The Morgan fingerprint density at radius 3 is 2.50 bits per heavy atom. The fourth-order valence-corrected chi connectivity index (χ4v) is 2.56. The van der Waals surface area contributed by atoms with Crippen LogP contribution in [-0.2, 0) is 4.79 Å². The number of primary amides is 1. The second-order valence-electron chi connectivity index (χ2n) is 5.15. The standard InChI is InChI=1S/C15H23N3O2/c1-12(15(16)19)17-8-3-9-18(11-10-17)13-4-6-14(20-2)7-5-13/h4-7,12H,3,8-11H2,1-2H3,(H2,16,19). The third kappa shape index (κ3) is 3.42. The number of carbonyl (C=O) groups excluding carboxylic acids is 1. The van der Waals surface area contributed by atoms with Crippen LogP contribution in [-0.4, -0.2) is 50.1 Å². The van der Waals surface area contributed by atoms with Gasteiger partial charge in [-0.1, -0.05) is 0 Å². The minimum atomic E-state index is -0.247. The van der Waals surface area contributed by atoms with Crippen LogP contribution in [0.15, 0.2) is 24.3 Å². The molecule has 1 aliphatic heterocycles. The second kappa shape index (κ2) is 6.61. The number of methoxy groups -OCH3 is 1. The summed E-state index contributed by atoms with van der Waals surface area (Å²) < 4.78 is 5.18. The molecular formula is C15H23N3O2. The number of nitrogens with two attached hydrogens (primary N) is 1. The van der Waals surface area contributed by atoms with Crippen LogP contribution in [0.4, 0.5) is 5.69 Å². The lowest BCUT2D eigenvalue weighted by Gasteiger charge is -2.26. The summed E-state index contributed by atoms with van der Waals surface area (Å²) >= 11 is 0. The quantitative estimate of drug-likeness (QED) is 0.895. The first-order valence-electron chi connectivity index (χ1n) is 7.04. The van der Waals surface area contributed by atoms with E-state index in [0.717, 1.165) is 38.3 Å². The van der Waals surface area contributed by atoms with Gasteiger partial charge in [-0.3, -0.25) is 9.69 Å². The number of rotatable bonds is 4. The molecule has 2 N–H and O–H groups in total. The number of ether oxygens (including phenoxy) is 1. The van der Waals surface area contributed by atoms with Gasteiger partial charge in [0.25, 0.3) is 0 Å². The van der Waals surface area contributed by atoms with E-state index < -0.39 is 0 Å². The molecule has 1 heterocycles. The predicted octanol–water partition coefficient (Wildman–Crippen LogP) is 1.08. The van der Waals surface area contributed by atoms with Gasteiger partial charge in [0.05, 0.1) is 13.2 Å². The molecule has 5 heteroatoms. The van der Waals surface area contributed by atoms with E-state index >= 15 is 0 Å². The average molecular weight is 277 g/mol. The van der Waals surface area contributed by atoms with Crippen LogP contribution < -0.4 is 15.4 Å². The summed E-state index contributed by atoms with van der Waals surface area (Å²) in [6, 6.07) is 7.91. The highest BCUT2D eigenvalue weighted by atomic mass is 16.5. The molecule has 0 radical (unpaired) electrons. The van der Waals surface area contributed by atoms with Crippen molar-refractivity contribution in [2.75, 3.05) is 38.2 Å². The van der Waals surface area contributed by atoms with Gasteiger partial charge >= 0.3 is 0 Å². The number of amides is 1. The molecule has 2 rings (SSSR count). The zero-order chi connectivity index (χ0) is 14.5. The zero-order valence-corrected chi connectivity index (χ0v) is 12.2. The predicted molar refractivity (Wildman–Crippen MR) is 80.1 cm³/mol. The van der Waals surface area contributed by atoms with Crippen molar-refractivity contribution in [2.24, 2.45) is 5.73 Å². The summed E-state index contributed by atoms with van der Waals surface area (Å²) in [6.07, 6.45) is 1.03. The molecule has 1 atom stereocenters. The Hall–Kier alpha value is -1.75. The first kappa shape index (κ1) is 14.7. The normalized spacial score (nSPS) is 18.4. The van der Waals surface area contributed by atoms with Crippen LogP contribution in [0.3, 0.4) is 0 Å². The van der Waals surface area contributed by atoms with Crippen molar-refractivity contribution < 1.29 is 9.53 Å². The highest BCUT2D eigenvalue weighted by molar-refractivity contribution is 5.79. The van der Waals surface area contributed by atoms with Crippen molar-refractivity contribution in [3.8, 4) is 5.75 Å². The summed E-state index contributed by atoms with van der Waals surface area (Å²) in [6.45, 7) is 5.55. The van der Waals surface area contributed by atoms with Gasteiger partial charge in [-0.05, 0) is 37.6 Å². The molecule has 0 spiro atoms. The smallest absolute Gasteiger partial charge is 0.234 e. The molecule has 1 saturated heterocycles. The summed E-state index contributed by atoms with van der Waals surface area (Å²) in [7, 11) is 1.67. The van der Waals surface area contributed by atoms with E-state index in [1.165, 1.54) is 5.69 Å². The van der Waals surface area contributed by atoms with Crippen molar-refractivity contribution >= 4 is 11.6 Å². The lowest BCUT2D eigenvalue weighted by molar-refractivity contribution is -0.122. The molecule has 5 nitrogen and oxygen atoms in total. The lowest BCUT2D eigenvalue weighted by atomic mass is 10.2. The SMILES string of the molecule is COc1ccc(N2CCCN(C(C)C(N)=O)CC2)cc1. The second-order valence-corrected chi connectivity index (χ2v) is 5.15. The number of carbonyl (C=O) groups is 1. The molecule has 20 heavy (non-hydrogen) atoms. The van der Waals surface area contributed by atoms with Crippen molar-refractivity contribution in [3.05, 3.63) is 24.3 Å². The molecule has 0 aliphatic carbocycles. The van der Waals surface area contributed by atoms with Crippen molar-refractivity contribution in [1.29, 1.82) is 0 Å². The van der Waals surface area contributed by atoms with Gasteiger partial charge in [0.15, 0.2) is 0 Å². The molecule has 1 aromatic rings. The van der Waals surface area contributed by atoms with Crippen molar-refractivity contribution in [1.82, 2.24) is 4.90 Å². The first-order valence-corrected chi connectivity index (χ1v) is 7.04. The maximum atomic E-state index is 11.3. The van der Waals surface area contributed by atoms with Crippen LogP contribution in [0, 0.1) is 0 Å². The van der Waals surface area contributed by atoms with E-state index in [1.54, 1.807) is 7.11 Å². The minimum absolute atomic E-state index is 0.189. The Morgan fingerprint density at radius 1 is 1.20 bits per heavy atom. The summed E-state index contributed by atoms with van der Waals surface area (Å²) in [5.74, 6) is 0.621. The Bertz CT molecular complexity index is 447. The zero-order valence-electron chi connectivity index (χ0n) is 12.2. The lowest BCUT2D eigenvalue weighted by Crippen LogP contribution is -2.44. The van der Waals surface area contributed by atoms with E-state index in [4.69, 9.17) is 10.5 Å². The van der Waals surface area contributed by atoms with Gasteiger partial charge in [0.2, 0.25) is 5.91 Å². The highest BCUT2D eigenvalue weighted by Gasteiger charge is 2.22. The van der Waals surface area contributed by atoms with E-state index in [9.17, 15) is 4.79 Å². The number of anilines is 1. The molecular weight excluding hydrogens is 254 g/mol. The van der Waals surface area contributed by atoms with E-state index in [-0.39, 0.29) is 11.9 Å². The Kier molecular flexibility index (Phi) is 4.84. The van der Waals surface area contributed by atoms with E-state index in [0.29, 0.717) is 0 Å². The van der Waals surface area contributed by atoms with Gasteiger partial charge in [-0.2, -0.15) is 0 Å². The van der Waals surface area contributed by atoms with Crippen LogP contribution in [0.25, 0.3) is 0 Å². The first-order chi connectivity index (χ1) is 9.61. The van der Waals surface area contributed by atoms with Gasteiger partial charge in [0.1, 0.15) is 5.75 Å². The highest BCUT2D eigenvalue weighted by Crippen LogP contribution is 2.20. The monoisotopic (exact) mass is 277 g/mol. The maximum absolute atomic E-state index is 11.3. The minimum Gasteiger partial charge on any atom is -0.497 e. The Morgan fingerprint density at radius 2 is 1.90 bits per heavy atom. The number of hydrogen-bond donors (Lipinski definition) is 1. The van der Waals surface area contributed by atoms with Crippen molar-refractivity contribution in [2.45, 2.75) is 19.4 Å². The molecule has 1 aliphatic rings. The number of nitrogens with zero attached hydrogens (tertiary/aromatic N) is 2. The fraction of sp³-hybridized carbons (Fsp3) is 0.533. The fourth-order valence-electron chi connectivity index (χ4n) is 2.56. The Labute approximate surface area is 120 Å². The van der Waals surface area contributed by atoms with Gasteiger partial charge in [-0.15, -0.1) is 0 Å². The Balaban J connectivity index is 1.99. The van der Waals surface area contributed by atoms with E-state index in [2.05, 4.69) is 21.9 Å². The molecule has 110 valence electrons. The van der Waals surface area contributed by atoms with E-state index in [1.807, 2.05) is 19.1 Å². The van der Waals surface area contributed by atoms with Crippen molar-refractivity contribution in [3.63, 3.8) is 0 Å². The van der Waals surface area contributed by atoms with Gasteiger partial charge in [0, 0.05) is 31.9 Å². The molecule has 1 unspecified atom stereocenters. The summed E-state index contributed by atoms with van der Waals surface area (Å²) in [4.78, 5) is 15.8. The topological polar surface area (TPSA) is 58.8 Å². The third-order valence-corrected chi connectivity index (χ3v) is 3.93. The third-order valence-electron chi connectivity index (χ3n) is 3.93. The molecule has 1 fully saturated rings. The van der Waals surface area contributed by atoms with Crippen LogP contribution >= 0.6 is 0 Å². The van der Waals surface area contributed by atoms with Crippen LogP contribution in [0.1, 0.15) is 13.3 Å². The molecule has 0 bridgehead atoms. The van der Waals surface area contributed by atoms with Gasteiger partial charge < -0.3 is 15.4 Å². The van der Waals surface area contributed by atoms with Crippen LogP contribution in [0.2, 0.25) is 0 Å². The largest absolute Gasteiger partial charge is 0.497 e. The average Bonchev–Trinajstić information content (AvgIpc) is 2.72. The van der Waals surface area contributed by atoms with Crippen LogP contribution in [0.5, 0.6) is 5.75 Å². The summed E-state index contributed by atoms with van der Waals surface area (Å²) in [5, 5.41) is 0. The summed E-state index contributed by atoms with van der Waals surface area (Å²) in [5.41, 5.74) is 6.58. The molecule has 1 aromatic carbocycles. The molecule has 0 saturated carbocycles. The molecule has 0 aromatic heterocycles. The maximum Gasteiger partial charge on any atom is 0.234 e. The molecule has 1 amide bonds. The number of hydrogen-bond acceptors (Lipinski definition) is 4. The van der Waals surface area contributed by atoms with Gasteiger partial charge in [-0.25, -0.2) is 0 Å².